The number of sulfonamides is 7. The number of aryl methyl sites for hydroxylation is 3. The van der Waals surface area contributed by atoms with Gasteiger partial charge in [-0.25, -0.2) is 78.9 Å². The van der Waals surface area contributed by atoms with Gasteiger partial charge >= 0.3 is 0 Å². The summed E-state index contributed by atoms with van der Waals surface area (Å²) in [5.74, 6) is 0.660. The number of halogens is 1. The fourth-order valence-electron chi connectivity index (χ4n) is 17.2. The second kappa shape index (κ2) is 43.1. The largest absolute Gasteiger partial charge is 0.322 e. The Morgan fingerprint density at radius 2 is 0.727 bits per heavy atom. The van der Waals surface area contributed by atoms with Gasteiger partial charge in [-0.2, -0.15) is 0 Å². The summed E-state index contributed by atoms with van der Waals surface area (Å²) >= 11 is 6.48. The van der Waals surface area contributed by atoms with Gasteiger partial charge in [0.25, 0.3) is 36.0 Å². The highest BCUT2D eigenvalue weighted by Gasteiger charge is 2.32. The number of nitrogens with one attached hydrogen (secondary N) is 4. The zero-order chi connectivity index (χ0) is 100. The average Bonchev–Trinajstić information content (AvgIpc) is 1.05. The van der Waals surface area contributed by atoms with Crippen LogP contribution in [-0.2, 0) is 70.2 Å². The summed E-state index contributed by atoms with van der Waals surface area (Å²) < 4.78 is 193. The van der Waals surface area contributed by atoms with Crippen molar-refractivity contribution in [3.05, 3.63) is 319 Å². The van der Waals surface area contributed by atoms with Crippen LogP contribution < -0.4 is 36.7 Å². The number of rotatable bonds is 19. The van der Waals surface area contributed by atoms with Crippen molar-refractivity contribution in [2.24, 2.45) is 0 Å². The summed E-state index contributed by atoms with van der Waals surface area (Å²) in [7, 11) is -25.2. The molecule has 0 aliphatic carbocycles. The predicted molar refractivity (Wildman–Crippen MR) is 565 cm³/mol. The molecule has 39 heteroatoms. The van der Waals surface area contributed by atoms with E-state index < -0.39 is 70.2 Å². The number of pyridine rings is 6. The van der Waals surface area contributed by atoms with Gasteiger partial charge < -0.3 is 5.32 Å². The average molecular weight is 2070 g/mol. The number of amides is 1. The SMILES string of the molecule is Cc1ccc(NS(=O)(=O)c2ccc(N3CCCCCS3(=O)=O)cc2)cc1-c1ccc2cnccc2n1.Cc1ccc(NS(=O)(=O)c2ccc(N3CCCCCS3(=O)=O)cc2)cc1-c1ccc2ncccc2n1.Cc1ccc(NS(=O)(=O)c2ccc(N3CCCCCS3(=O)=O)cc2)cc1-c1ncc2ccccc2n1.O=C(Nc1ccc(Cl)c(-c2nccc3ncccc23)c1)c1ccc(N2CCCCCS2(=O)=O)cc1. The summed E-state index contributed by atoms with van der Waals surface area (Å²) in [5.41, 5.74) is 16.1. The highest BCUT2D eigenvalue weighted by Crippen LogP contribution is 2.39. The molecule has 0 atom stereocenters. The molecule has 4 N–H and O–H groups in total. The van der Waals surface area contributed by atoms with Crippen molar-refractivity contribution in [2.75, 3.05) is 85.9 Å². The number of nitrogens with zero attached hydrogens (tertiary/aromatic N) is 12. The molecule has 0 unspecified atom stereocenters. The van der Waals surface area contributed by atoms with Gasteiger partial charge in [0.1, 0.15) is 0 Å². The Morgan fingerprint density at radius 1 is 0.329 bits per heavy atom. The second-order valence-corrected chi connectivity index (χ2v) is 48.4. The predicted octanol–water partition coefficient (Wildman–Crippen LogP) is 19.7. The lowest BCUT2D eigenvalue weighted by molar-refractivity contribution is 0.102. The number of carbonyl (C=O) groups is 1. The van der Waals surface area contributed by atoms with Crippen molar-refractivity contribution in [1.82, 2.24) is 39.9 Å². The molecule has 4 saturated heterocycles. The van der Waals surface area contributed by atoms with Gasteiger partial charge in [0.2, 0.25) is 40.1 Å². The zero-order valence-corrected chi connectivity index (χ0v) is 84.6. The summed E-state index contributed by atoms with van der Waals surface area (Å²) in [6.07, 6.45) is 19.5. The van der Waals surface area contributed by atoms with Crippen LogP contribution in [-0.4, -0.2) is 154 Å². The topological polar surface area (TPSA) is 420 Å². The molecule has 0 saturated carbocycles. The molecular weight excluding hydrogens is 1970 g/mol. The molecule has 4 aliphatic rings. The van der Waals surface area contributed by atoms with Crippen LogP contribution in [0.4, 0.5) is 45.5 Å². The molecule has 1 amide bonds. The van der Waals surface area contributed by atoms with E-state index in [2.05, 4.69) is 54.4 Å². The monoisotopic (exact) mass is 2070 g/mol. The number of hydrogen-bond donors (Lipinski definition) is 4. The van der Waals surface area contributed by atoms with Crippen molar-refractivity contribution in [3.63, 3.8) is 0 Å². The van der Waals surface area contributed by atoms with E-state index in [-0.39, 0.29) is 43.6 Å². The Bertz CT molecular complexity index is 7770. The summed E-state index contributed by atoms with van der Waals surface area (Å²) in [5, 5.41) is 6.11. The fourth-order valence-corrected chi connectivity index (χ4v) is 27.1. The van der Waals surface area contributed by atoms with E-state index >= 15 is 0 Å². The van der Waals surface area contributed by atoms with Crippen LogP contribution in [0.25, 0.3) is 88.9 Å². The molecule has 20 rings (SSSR count). The van der Waals surface area contributed by atoms with Crippen LogP contribution in [0, 0.1) is 20.8 Å². The van der Waals surface area contributed by atoms with Gasteiger partial charge in [-0.15, -0.1) is 0 Å². The first-order valence-electron chi connectivity index (χ1n) is 46.4. The van der Waals surface area contributed by atoms with Crippen molar-refractivity contribution < 1.29 is 63.7 Å². The standard InChI is InChI=1S/C26H23ClN4O3S.3C26H26N4O4S2/c27-23-11-8-19(17-22(23)25-21-5-4-13-28-24(21)12-14-29-25)30-26(32)18-6-9-20(10-7-18)31-15-2-1-3-16-35(31,33)34;1-19-9-10-21(17-24(19)26-27-18-20-7-3-4-8-25(20)28-26)29-36(33,34)23-13-11-22(12-14-23)30-15-5-2-6-16-35(30,31)32;1-19-5-7-21(17-24(19)26-12-6-20-18-27-14-13-25(20)28-26)29-36(33,34)23-10-8-22(9-11-23)30-15-3-2-4-16-35(30,31)32;1-19-7-8-20(18-23(19)24-13-14-25-26(28-24)6-5-15-27-25)29-36(33,34)22-11-9-21(10-12-22)30-16-3-2-4-17-35(30,31)32/h4-14,17H,1-3,15-16H2,(H,30,32);3-4,7-14,17-18,29H,2,5-6,15-16H2,1H3;5-14,17-18,29H,2-4,15-16H2,1H3;5-15,18,29H,2-4,16-17H2,1H3. The smallest absolute Gasteiger partial charge is 0.261 e. The third-order valence-corrected chi connectivity index (χ3v) is 36.8. The maximum absolute atomic E-state index is 13.1. The van der Waals surface area contributed by atoms with Crippen LogP contribution in [0.5, 0.6) is 0 Å². The van der Waals surface area contributed by atoms with Gasteiger partial charge in [-0.05, 0) is 307 Å². The van der Waals surface area contributed by atoms with Gasteiger partial charge in [0, 0.05) is 130 Å². The van der Waals surface area contributed by atoms with Crippen LogP contribution in [0.1, 0.15) is 104 Å². The van der Waals surface area contributed by atoms with E-state index in [1.807, 2.05) is 124 Å². The number of benzene rings is 9. The number of hydrogen-bond acceptors (Lipinski definition) is 23. The molecular formula is C104H101ClN16O15S7. The van der Waals surface area contributed by atoms with Gasteiger partial charge in [-0.1, -0.05) is 73.7 Å². The molecule has 0 bridgehead atoms. The Kier molecular flexibility index (Phi) is 30.3. The molecule has 0 radical (unpaired) electrons. The van der Waals surface area contributed by atoms with Gasteiger partial charge in [0.15, 0.2) is 5.82 Å². The first-order valence-corrected chi connectivity index (χ1v) is 57.7. The quantitative estimate of drug-likeness (QED) is 0.0584. The Balaban J connectivity index is 0.000000131. The van der Waals surface area contributed by atoms with E-state index in [0.717, 1.165) is 140 Å². The normalized spacial score (nSPS) is 15.9. The van der Waals surface area contributed by atoms with E-state index in [1.54, 1.807) is 152 Å². The first kappa shape index (κ1) is 101. The minimum atomic E-state index is -3.90. The van der Waals surface area contributed by atoms with E-state index in [4.69, 9.17) is 16.6 Å². The highest BCUT2D eigenvalue weighted by atomic mass is 35.5. The van der Waals surface area contributed by atoms with Crippen molar-refractivity contribution >= 4 is 177 Å². The lowest BCUT2D eigenvalue weighted by atomic mass is 10.0. The maximum Gasteiger partial charge on any atom is 0.261 e. The molecule has 9 aromatic carbocycles. The lowest BCUT2D eigenvalue weighted by Crippen LogP contribution is -2.32. The van der Waals surface area contributed by atoms with Crippen LogP contribution >= 0.6 is 11.6 Å². The molecule has 16 aromatic rings. The molecule has 0 spiro atoms. The van der Waals surface area contributed by atoms with Crippen molar-refractivity contribution in [3.8, 4) is 45.2 Å². The number of anilines is 8. The van der Waals surface area contributed by atoms with E-state index in [0.29, 0.717) is 125 Å². The zero-order valence-electron chi connectivity index (χ0n) is 78.1. The lowest BCUT2D eigenvalue weighted by Gasteiger charge is -2.22. The number of aromatic nitrogens is 8. The van der Waals surface area contributed by atoms with Gasteiger partial charge in [0.05, 0.1) is 110 Å². The number of fused-ring (bicyclic) bond motifs is 4. The molecule has 143 heavy (non-hydrogen) atoms. The second-order valence-electron chi connectivity index (χ2n) is 34.9. The van der Waals surface area contributed by atoms with Crippen LogP contribution in [0.15, 0.2) is 307 Å². The highest BCUT2D eigenvalue weighted by molar-refractivity contribution is 7.94. The summed E-state index contributed by atoms with van der Waals surface area (Å²) in [6, 6.07) is 72.0. The third-order valence-electron chi connectivity index (χ3n) is 24.8. The van der Waals surface area contributed by atoms with Crippen molar-refractivity contribution in [2.45, 2.75) is 113 Å². The molecule has 736 valence electrons. The molecule has 4 fully saturated rings. The minimum Gasteiger partial charge on any atom is -0.322 e. The number of para-hydroxylation sites is 1. The third kappa shape index (κ3) is 23.8. The van der Waals surface area contributed by atoms with Crippen LogP contribution in [0.2, 0.25) is 5.02 Å². The molecule has 7 aromatic heterocycles. The van der Waals surface area contributed by atoms with Gasteiger partial charge in [-0.3, -0.25) is 56.1 Å². The van der Waals surface area contributed by atoms with Crippen LogP contribution in [0.3, 0.4) is 0 Å². The van der Waals surface area contributed by atoms with E-state index in [9.17, 15) is 63.7 Å². The summed E-state index contributed by atoms with van der Waals surface area (Å²) in [4.78, 5) is 48.8. The first-order chi connectivity index (χ1) is 68.6. The Labute approximate surface area is 836 Å². The Hall–Kier alpha value is -14.0. The molecule has 4 aliphatic heterocycles. The molecule has 11 heterocycles. The maximum atomic E-state index is 13.1. The van der Waals surface area contributed by atoms with Crippen molar-refractivity contribution in [1.29, 1.82) is 0 Å². The fraction of sp³-hybridized carbons (Fsp3) is 0.221. The number of carbonyl (C=O) groups excluding carboxylic acids is 1. The Morgan fingerprint density at radius 3 is 1.22 bits per heavy atom. The molecule has 31 nitrogen and oxygen atoms in total. The summed E-state index contributed by atoms with van der Waals surface area (Å²) in [6.45, 7) is 7.46. The van der Waals surface area contributed by atoms with E-state index in [1.165, 1.54) is 53.6 Å². The minimum absolute atomic E-state index is 0.0440.